The Labute approximate surface area is 140 Å². The van der Waals surface area contributed by atoms with Gasteiger partial charge < -0.3 is 14.8 Å². The van der Waals surface area contributed by atoms with Crippen molar-refractivity contribution in [1.82, 2.24) is 4.90 Å². The second-order valence-electron chi connectivity index (χ2n) is 6.73. The molecule has 4 heteroatoms. The minimum atomic E-state index is -1.29. The highest BCUT2D eigenvalue weighted by atomic mass is 16.4. The van der Waals surface area contributed by atoms with Crippen LogP contribution in [0.25, 0.3) is 0 Å². The number of fused-ring (bicyclic) bond motifs is 4. The van der Waals surface area contributed by atoms with Crippen molar-refractivity contribution in [2.45, 2.75) is 38.3 Å². The van der Waals surface area contributed by atoms with Gasteiger partial charge in [-0.15, -0.1) is 0 Å². The number of benzene rings is 2. The summed E-state index contributed by atoms with van der Waals surface area (Å²) in [5.41, 5.74) is 3.53. The van der Waals surface area contributed by atoms with Crippen LogP contribution in [0.2, 0.25) is 0 Å². The summed E-state index contributed by atoms with van der Waals surface area (Å²) in [6, 6.07) is 13.1. The number of hydrogen-bond acceptors (Lipinski definition) is 3. The normalized spacial score (nSPS) is 24.8. The zero-order chi connectivity index (χ0) is 17.0. The van der Waals surface area contributed by atoms with Crippen molar-refractivity contribution < 1.29 is 14.7 Å². The lowest BCUT2D eigenvalue weighted by atomic mass is 9.88. The molecular weight excluding hydrogens is 302 g/mol. The molecule has 0 unspecified atom stereocenters. The van der Waals surface area contributed by atoms with E-state index in [1.54, 1.807) is 6.07 Å². The minimum Gasteiger partial charge on any atom is -0.545 e. The fourth-order valence-corrected chi connectivity index (χ4v) is 4.32. The molecule has 2 aliphatic rings. The maximum atomic E-state index is 13.1. The molecule has 24 heavy (non-hydrogen) atoms. The smallest absolute Gasteiger partial charge is 0.255 e. The first-order valence-electron chi connectivity index (χ1n) is 8.26. The lowest BCUT2D eigenvalue weighted by Crippen LogP contribution is -2.31. The molecular formula is C20H18NO3-. The van der Waals surface area contributed by atoms with E-state index in [1.807, 2.05) is 30.0 Å². The standard InChI is InChI=1S/C20H19NO3/c1-11-10-17-15-8-5-9-16(20(23)24)18(15)19(22)21(17)12(2)14-7-4-3-6-13(11)14/h3-9,11-12,17H,10H2,1-2H3,(H,23,24)/p-1/t11-,12-,17-/m1/s1. The first-order valence-corrected chi connectivity index (χ1v) is 8.26. The fourth-order valence-electron chi connectivity index (χ4n) is 4.32. The van der Waals surface area contributed by atoms with Crippen LogP contribution in [-0.2, 0) is 0 Å². The van der Waals surface area contributed by atoms with Gasteiger partial charge in [-0.1, -0.05) is 49.4 Å². The van der Waals surface area contributed by atoms with Crippen LogP contribution in [0.1, 0.15) is 75.7 Å². The van der Waals surface area contributed by atoms with Crippen LogP contribution in [0.5, 0.6) is 0 Å². The number of aromatic carboxylic acids is 1. The SMILES string of the molecule is C[C@@H]1C[C@@H]2c3cccc(C(=O)[O-])c3C(=O)N2[C@H](C)c2ccccc21. The summed E-state index contributed by atoms with van der Waals surface area (Å²) < 4.78 is 0. The van der Waals surface area contributed by atoms with Crippen molar-refractivity contribution in [2.75, 3.05) is 0 Å². The zero-order valence-electron chi connectivity index (χ0n) is 13.7. The molecule has 0 aliphatic carbocycles. The van der Waals surface area contributed by atoms with Crippen LogP contribution in [0.3, 0.4) is 0 Å². The van der Waals surface area contributed by atoms with Gasteiger partial charge in [0.25, 0.3) is 5.91 Å². The molecule has 2 aromatic carbocycles. The number of rotatable bonds is 1. The van der Waals surface area contributed by atoms with Crippen LogP contribution in [0.15, 0.2) is 42.5 Å². The number of carboxylic acids is 1. The third-order valence-corrected chi connectivity index (χ3v) is 5.43. The molecule has 0 N–H and O–H groups in total. The largest absolute Gasteiger partial charge is 0.545 e. The van der Waals surface area contributed by atoms with Crippen LogP contribution < -0.4 is 5.11 Å². The average molecular weight is 320 g/mol. The summed E-state index contributed by atoms with van der Waals surface area (Å²) in [5.74, 6) is -1.20. The van der Waals surface area contributed by atoms with Crippen molar-refractivity contribution in [3.63, 3.8) is 0 Å². The number of carbonyl (C=O) groups is 2. The van der Waals surface area contributed by atoms with Crippen LogP contribution >= 0.6 is 0 Å². The van der Waals surface area contributed by atoms with Gasteiger partial charge in [0.2, 0.25) is 0 Å². The Morgan fingerprint density at radius 2 is 1.71 bits per heavy atom. The number of carbonyl (C=O) groups excluding carboxylic acids is 2. The number of carboxylic acid groups (broad SMARTS) is 1. The second-order valence-corrected chi connectivity index (χ2v) is 6.73. The first-order chi connectivity index (χ1) is 11.5. The monoisotopic (exact) mass is 320 g/mol. The summed E-state index contributed by atoms with van der Waals surface area (Å²) in [6.07, 6.45) is 0.788. The van der Waals surface area contributed by atoms with E-state index < -0.39 is 5.97 Å². The highest BCUT2D eigenvalue weighted by molar-refractivity contribution is 6.07. The lowest BCUT2D eigenvalue weighted by Gasteiger charge is -2.29. The van der Waals surface area contributed by atoms with Crippen LogP contribution in [-0.4, -0.2) is 16.8 Å². The van der Waals surface area contributed by atoms with Gasteiger partial charge in [-0.3, -0.25) is 4.79 Å². The number of nitrogens with zero attached hydrogens (tertiary/aromatic N) is 1. The third kappa shape index (κ3) is 1.92. The topological polar surface area (TPSA) is 60.4 Å². The Bertz CT molecular complexity index is 858. The lowest BCUT2D eigenvalue weighted by molar-refractivity contribution is -0.255. The van der Waals surface area contributed by atoms with Crippen molar-refractivity contribution >= 4 is 11.9 Å². The summed E-state index contributed by atoms with van der Waals surface area (Å²) in [7, 11) is 0. The summed E-state index contributed by atoms with van der Waals surface area (Å²) in [6.45, 7) is 4.19. The summed E-state index contributed by atoms with van der Waals surface area (Å²) in [4.78, 5) is 26.4. The Morgan fingerprint density at radius 3 is 2.42 bits per heavy atom. The van der Waals surface area contributed by atoms with E-state index in [4.69, 9.17) is 0 Å². The van der Waals surface area contributed by atoms with Crippen LogP contribution in [0.4, 0.5) is 0 Å². The van der Waals surface area contributed by atoms with E-state index >= 15 is 0 Å². The molecule has 1 amide bonds. The predicted molar refractivity (Wildman–Crippen MR) is 87.6 cm³/mol. The quantitative estimate of drug-likeness (QED) is 0.812. The van der Waals surface area contributed by atoms with Crippen LogP contribution in [0, 0.1) is 0 Å². The Balaban J connectivity index is 1.91. The molecule has 4 rings (SSSR count). The van der Waals surface area contributed by atoms with Gasteiger partial charge in [-0.05, 0) is 36.0 Å². The van der Waals surface area contributed by atoms with Crippen molar-refractivity contribution in [3.05, 3.63) is 70.3 Å². The molecule has 0 fully saturated rings. The maximum Gasteiger partial charge on any atom is 0.255 e. The molecule has 4 nitrogen and oxygen atoms in total. The molecule has 0 spiro atoms. The molecule has 2 heterocycles. The summed E-state index contributed by atoms with van der Waals surface area (Å²) >= 11 is 0. The van der Waals surface area contributed by atoms with E-state index in [0.29, 0.717) is 11.5 Å². The van der Waals surface area contributed by atoms with Gasteiger partial charge in [0.05, 0.1) is 23.6 Å². The molecule has 2 aromatic rings. The van der Waals surface area contributed by atoms with E-state index in [2.05, 4.69) is 19.1 Å². The fraction of sp³-hybridized carbons (Fsp3) is 0.300. The summed E-state index contributed by atoms with van der Waals surface area (Å²) in [5, 5.41) is 11.4. The second kappa shape index (κ2) is 5.20. The molecule has 0 saturated carbocycles. The molecule has 0 aromatic heterocycles. The van der Waals surface area contributed by atoms with Crippen molar-refractivity contribution in [3.8, 4) is 0 Å². The number of amides is 1. The molecule has 3 atom stereocenters. The third-order valence-electron chi connectivity index (χ3n) is 5.43. The zero-order valence-corrected chi connectivity index (χ0v) is 13.7. The van der Waals surface area contributed by atoms with Gasteiger partial charge in [0.1, 0.15) is 0 Å². The van der Waals surface area contributed by atoms with E-state index in [9.17, 15) is 14.7 Å². The van der Waals surface area contributed by atoms with Crippen molar-refractivity contribution in [1.29, 1.82) is 0 Å². The molecule has 0 bridgehead atoms. The predicted octanol–water partition coefficient (Wildman–Crippen LogP) is 2.82. The van der Waals surface area contributed by atoms with Gasteiger partial charge in [0.15, 0.2) is 0 Å². The molecule has 0 radical (unpaired) electrons. The van der Waals surface area contributed by atoms with Crippen molar-refractivity contribution in [2.24, 2.45) is 0 Å². The minimum absolute atomic E-state index is 0.00119. The highest BCUT2D eigenvalue weighted by Crippen LogP contribution is 2.49. The number of hydrogen-bond donors (Lipinski definition) is 0. The Kier molecular flexibility index (Phi) is 3.23. The maximum absolute atomic E-state index is 13.1. The Morgan fingerprint density at radius 1 is 1.04 bits per heavy atom. The molecule has 122 valence electrons. The van der Waals surface area contributed by atoms with Gasteiger partial charge in [0, 0.05) is 5.56 Å². The Hall–Kier alpha value is -2.62. The average Bonchev–Trinajstić information content (AvgIpc) is 2.80. The van der Waals surface area contributed by atoms with E-state index in [-0.39, 0.29) is 23.6 Å². The van der Waals surface area contributed by atoms with Gasteiger partial charge >= 0.3 is 0 Å². The van der Waals surface area contributed by atoms with Gasteiger partial charge in [-0.25, -0.2) is 0 Å². The first kappa shape index (κ1) is 14.9. The molecule has 2 aliphatic heterocycles. The van der Waals surface area contributed by atoms with Gasteiger partial charge in [-0.2, -0.15) is 0 Å². The van der Waals surface area contributed by atoms with E-state index in [0.717, 1.165) is 17.5 Å². The molecule has 0 saturated heterocycles. The van der Waals surface area contributed by atoms with E-state index in [1.165, 1.54) is 11.6 Å². The highest BCUT2D eigenvalue weighted by Gasteiger charge is 2.44.